The molecule has 0 aliphatic carbocycles. The van der Waals surface area contributed by atoms with Crippen LogP contribution < -0.4 is 10.1 Å². The van der Waals surface area contributed by atoms with E-state index in [4.69, 9.17) is 16.3 Å². The summed E-state index contributed by atoms with van der Waals surface area (Å²) in [6, 6.07) is 12.4. The molecule has 2 heterocycles. The third-order valence-corrected chi connectivity index (χ3v) is 4.38. The lowest BCUT2D eigenvalue weighted by Gasteiger charge is -2.02. The molecule has 0 unspecified atom stereocenters. The van der Waals surface area contributed by atoms with Crippen LogP contribution in [-0.4, -0.2) is 23.0 Å². The molecule has 3 rings (SSSR count). The van der Waals surface area contributed by atoms with Gasteiger partial charge in [0.05, 0.1) is 12.7 Å². The van der Waals surface area contributed by atoms with E-state index in [1.165, 1.54) is 12.3 Å². The van der Waals surface area contributed by atoms with E-state index < -0.39 is 0 Å². The molecule has 0 saturated carbocycles. The van der Waals surface area contributed by atoms with E-state index in [0.29, 0.717) is 32.2 Å². The van der Waals surface area contributed by atoms with Gasteiger partial charge in [0.1, 0.15) is 27.5 Å². The Bertz CT molecular complexity index is 964. The molecule has 6 nitrogen and oxygen atoms in total. The number of carbonyl (C=O) groups excluding carboxylic acids is 1. The van der Waals surface area contributed by atoms with Crippen LogP contribution in [0, 0.1) is 11.3 Å². The molecule has 0 radical (unpaired) electrons. The number of rotatable bonds is 4. The summed E-state index contributed by atoms with van der Waals surface area (Å²) in [4.78, 5) is 20.9. The average molecular weight is 371 g/mol. The van der Waals surface area contributed by atoms with Gasteiger partial charge >= 0.3 is 0 Å². The van der Waals surface area contributed by atoms with E-state index >= 15 is 0 Å². The highest BCUT2D eigenvalue weighted by molar-refractivity contribution is 7.16. The molecule has 2 aromatic heterocycles. The van der Waals surface area contributed by atoms with Crippen LogP contribution in [0.25, 0.3) is 11.3 Å². The molecule has 0 bridgehead atoms. The smallest absolute Gasteiger partial charge is 0.259 e. The lowest BCUT2D eigenvalue weighted by atomic mass is 10.1. The van der Waals surface area contributed by atoms with Crippen LogP contribution in [0.4, 0.5) is 5.13 Å². The van der Waals surface area contributed by atoms with Gasteiger partial charge in [0.15, 0.2) is 5.13 Å². The SMILES string of the molecule is COc1cccc(-c2nc(NC(=O)c3ccc(Cl)nc3)sc2C#N)c1. The fraction of sp³-hybridized carbons (Fsp3) is 0.0588. The predicted octanol–water partition coefficient (Wildman–Crippen LogP) is 3.99. The molecule has 0 aliphatic rings. The maximum atomic E-state index is 12.2. The Morgan fingerprint density at radius 1 is 1.36 bits per heavy atom. The number of pyridine rings is 1. The Labute approximate surface area is 152 Å². The number of nitrogens with one attached hydrogen (secondary N) is 1. The zero-order valence-electron chi connectivity index (χ0n) is 13.0. The molecule has 25 heavy (non-hydrogen) atoms. The monoisotopic (exact) mass is 370 g/mol. The van der Waals surface area contributed by atoms with E-state index in [-0.39, 0.29) is 5.91 Å². The summed E-state index contributed by atoms with van der Waals surface area (Å²) in [5, 5.41) is 12.7. The van der Waals surface area contributed by atoms with Crippen LogP contribution in [0.3, 0.4) is 0 Å². The van der Waals surface area contributed by atoms with E-state index in [0.717, 1.165) is 16.9 Å². The Balaban J connectivity index is 1.89. The Morgan fingerprint density at radius 3 is 2.88 bits per heavy atom. The summed E-state index contributed by atoms with van der Waals surface area (Å²) in [5.74, 6) is 0.284. The largest absolute Gasteiger partial charge is 0.497 e. The Kier molecular flexibility index (Phi) is 4.93. The first-order valence-corrected chi connectivity index (χ1v) is 8.28. The van der Waals surface area contributed by atoms with E-state index in [9.17, 15) is 10.1 Å². The van der Waals surface area contributed by atoms with E-state index in [1.807, 2.05) is 12.1 Å². The molecule has 1 aromatic carbocycles. The van der Waals surface area contributed by atoms with Crippen LogP contribution >= 0.6 is 22.9 Å². The molecular formula is C17H11ClN4O2S. The van der Waals surface area contributed by atoms with Gasteiger partial charge < -0.3 is 4.74 Å². The number of hydrogen-bond donors (Lipinski definition) is 1. The van der Waals surface area contributed by atoms with E-state index in [1.54, 1.807) is 25.3 Å². The van der Waals surface area contributed by atoms with Crippen molar-refractivity contribution in [3.8, 4) is 23.1 Å². The minimum absolute atomic E-state index is 0.304. The minimum Gasteiger partial charge on any atom is -0.497 e. The second-order valence-electron chi connectivity index (χ2n) is 4.86. The van der Waals surface area contributed by atoms with Gasteiger partial charge in [-0.15, -0.1) is 0 Å². The molecular weight excluding hydrogens is 360 g/mol. The summed E-state index contributed by atoms with van der Waals surface area (Å²) < 4.78 is 5.19. The van der Waals surface area contributed by atoms with E-state index in [2.05, 4.69) is 21.4 Å². The molecule has 0 spiro atoms. The highest BCUT2D eigenvalue weighted by Crippen LogP contribution is 2.32. The van der Waals surface area contributed by atoms with Gasteiger partial charge in [-0.1, -0.05) is 35.1 Å². The number of hydrogen-bond acceptors (Lipinski definition) is 6. The van der Waals surface area contributed by atoms with Gasteiger partial charge in [-0.2, -0.15) is 5.26 Å². The molecule has 8 heteroatoms. The highest BCUT2D eigenvalue weighted by Gasteiger charge is 2.16. The van der Waals surface area contributed by atoms with Crippen molar-refractivity contribution in [1.29, 1.82) is 5.26 Å². The summed E-state index contributed by atoms with van der Waals surface area (Å²) >= 11 is 6.82. The molecule has 0 saturated heterocycles. The van der Waals surface area contributed by atoms with Gasteiger partial charge in [-0.05, 0) is 24.3 Å². The standard InChI is InChI=1S/C17H11ClN4O2S/c1-24-12-4-2-3-10(7-12)15-13(8-19)25-17(21-15)22-16(23)11-5-6-14(18)20-9-11/h2-7,9H,1H3,(H,21,22,23). The molecule has 124 valence electrons. The Morgan fingerprint density at radius 2 is 2.20 bits per heavy atom. The molecule has 0 fully saturated rings. The van der Waals surface area contributed by atoms with Crippen molar-refractivity contribution in [2.75, 3.05) is 12.4 Å². The third kappa shape index (κ3) is 3.76. The first-order chi connectivity index (χ1) is 12.1. The summed E-state index contributed by atoms with van der Waals surface area (Å²) in [6.07, 6.45) is 1.37. The number of benzene rings is 1. The van der Waals surface area contributed by atoms with Crippen molar-refractivity contribution in [3.63, 3.8) is 0 Å². The second kappa shape index (κ2) is 7.30. The van der Waals surface area contributed by atoms with Crippen molar-refractivity contribution < 1.29 is 9.53 Å². The fourth-order valence-corrected chi connectivity index (χ4v) is 2.99. The van der Waals surface area contributed by atoms with Crippen LogP contribution in [0.2, 0.25) is 5.15 Å². The number of ether oxygens (including phenoxy) is 1. The number of aromatic nitrogens is 2. The summed E-state index contributed by atoms with van der Waals surface area (Å²) in [7, 11) is 1.57. The quantitative estimate of drug-likeness (QED) is 0.701. The van der Waals surface area contributed by atoms with Crippen molar-refractivity contribution in [3.05, 3.63) is 58.2 Å². The highest BCUT2D eigenvalue weighted by atomic mass is 35.5. The van der Waals surface area contributed by atoms with Gasteiger partial charge in [0.2, 0.25) is 0 Å². The number of amides is 1. The topological polar surface area (TPSA) is 87.9 Å². The van der Waals surface area contributed by atoms with Gasteiger partial charge in [-0.25, -0.2) is 9.97 Å². The number of nitriles is 1. The average Bonchev–Trinajstić information content (AvgIpc) is 3.05. The maximum absolute atomic E-state index is 12.2. The molecule has 0 atom stereocenters. The molecule has 1 N–H and O–H groups in total. The predicted molar refractivity (Wildman–Crippen MR) is 96.0 cm³/mol. The Hall–Kier alpha value is -2.95. The van der Waals surface area contributed by atoms with Crippen LogP contribution in [0.5, 0.6) is 5.75 Å². The maximum Gasteiger partial charge on any atom is 0.259 e. The third-order valence-electron chi connectivity index (χ3n) is 3.28. The van der Waals surface area contributed by atoms with Crippen molar-refractivity contribution in [2.45, 2.75) is 0 Å². The number of halogens is 1. The number of nitrogens with zero attached hydrogens (tertiary/aromatic N) is 3. The zero-order valence-corrected chi connectivity index (χ0v) is 14.6. The number of thiazole rings is 1. The van der Waals surface area contributed by atoms with Crippen molar-refractivity contribution >= 4 is 34.0 Å². The van der Waals surface area contributed by atoms with Crippen LogP contribution in [-0.2, 0) is 0 Å². The van der Waals surface area contributed by atoms with Gasteiger partial charge in [0, 0.05) is 11.8 Å². The lowest BCUT2D eigenvalue weighted by Crippen LogP contribution is -2.11. The number of carbonyl (C=O) groups is 1. The normalized spacial score (nSPS) is 10.1. The van der Waals surface area contributed by atoms with Gasteiger partial charge in [-0.3, -0.25) is 10.1 Å². The first-order valence-electron chi connectivity index (χ1n) is 7.09. The lowest BCUT2D eigenvalue weighted by molar-refractivity contribution is 0.102. The summed E-state index contributed by atoms with van der Waals surface area (Å²) in [6.45, 7) is 0. The fourth-order valence-electron chi connectivity index (χ4n) is 2.09. The van der Waals surface area contributed by atoms with Gasteiger partial charge in [0.25, 0.3) is 5.91 Å². The molecule has 3 aromatic rings. The molecule has 0 aliphatic heterocycles. The number of anilines is 1. The van der Waals surface area contributed by atoms with Crippen LogP contribution in [0.1, 0.15) is 15.2 Å². The second-order valence-corrected chi connectivity index (χ2v) is 6.25. The summed E-state index contributed by atoms with van der Waals surface area (Å²) in [5.41, 5.74) is 1.58. The zero-order chi connectivity index (χ0) is 17.8. The number of methoxy groups -OCH3 is 1. The van der Waals surface area contributed by atoms with Crippen molar-refractivity contribution in [2.24, 2.45) is 0 Å². The molecule has 1 amide bonds. The minimum atomic E-state index is -0.375. The van der Waals surface area contributed by atoms with Crippen molar-refractivity contribution in [1.82, 2.24) is 9.97 Å². The first kappa shape index (κ1) is 16.9. The van der Waals surface area contributed by atoms with Crippen LogP contribution in [0.15, 0.2) is 42.6 Å².